The highest BCUT2D eigenvalue weighted by molar-refractivity contribution is 5.89. The number of aliphatic carboxylic acids is 1. The number of nitrogens with one attached hydrogen (secondary N) is 1. The Kier molecular flexibility index (Phi) is 7.12. The lowest BCUT2D eigenvalue weighted by Crippen LogP contribution is -2.10. The molecule has 1 aromatic heterocycles. The smallest absolute Gasteiger partial charge is 0.337 e. The van der Waals surface area contributed by atoms with Crippen LogP contribution in [0.2, 0.25) is 0 Å². The molecule has 1 unspecified atom stereocenters. The highest BCUT2D eigenvalue weighted by Gasteiger charge is 2.17. The average Bonchev–Trinajstić information content (AvgIpc) is 3.18. The lowest BCUT2D eigenvalue weighted by atomic mass is 9.94. The molecular weight excluding hydrogens is 382 g/mol. The molecule has 0 aliphatic heterocycles. The quantitative estimate of drug-likeness (QED) is 0.463. The predicted octanol–water partition coefficient (Wildman–Crippen LogP) is 4.93. The van der Waals surface area contributed by atoms with E-state index in [1.54, 1.807) is 24.3 Å². The Morgan fingerprint density at radius 1 is 1.13 bits per heavy atom. The molecule has 0 bridgehead atoms. The molecule has 3 rings (SSSR count). The molecule has 6 heteroatoms. The number of aromatic amines is 1. The maximum absolute atomic E-state index is 11.6. The van der Waals surface area contributed by atoms with E-state index in [1.807, 2.05) is 18.3 Å². The van der Waals surface area contributed by atoms with Crippen molar-refractivity contribution in [2.75, 3.05) is 13.7 Å². The van der Waals surface area contributed by atoms with Gasteiger partial charge in [-0.25, -0.2) is 4.79 Å². The number of fused-ring (bicyclic) bond motifs is 1. The Morgan fingerprint density at radius 2 is 1.90 bits per heavy atom. The largest absolute Gasteiger partial charge is 0.493 e. The van der Waals surface area contributed by atoms with Crippen LogP contribution in [-0.2, 0) is 16.0 Å². The molecule has 2 aromatic carbocycles. The molecule has 1 atom stereocenters. The minimum atomic E-state index is -0.792. The third kappa shape index (κ3) is 5.20. The molecule has 6 nitrogen and oxygen atoms in total. The number of methoxy groups -OCH3 is 1. The molecular formula is C24H27NO5. The van der Waals surface area contributed by atoms with E-state index in [9.17, 15) is 9.59 Å². The summed E-state index contributed by atoms with van der Waals surface area (Å²) >= 11 is 0. The van der Waals surface area contributed by atoms with E-state index in [1.165, 1.54) is 12.7 Å². The summed E-state index contributed by atoms with van der Waals surface area (Å²) < 4.78 is 10.7. The van der Waals surface area contributed by atoms with Crippen LogP contribution in [0.1, 0.15) is 53.6 Å². The average molecular weight is 409 g/mol. The number of esters is 1. The van der Waals surface area contributed by atoms with Gasteiger partial charge < -0.3 is 19.6 Å². The summed E-state index contributed by atoms with van der Waals surface area (Å²) in [5, 5.41) is 10.1. The first kappa shape index (κ1) is 21.4. The fourth-order valence-electron chi connectivity index (χ4n) is 3.61. The first-order chi connectivity index (χ1) is 14.5. The number of hydrogen-bond donors (Lipinski definition) is 2. The maximum atomic E-state index is 11.6. The number of aromatic nitrogens is 1. The van der Waals surface area contributed by atoms with Crippen LogP contribution < -0.4 is 4.74 Å². The second kappa shape index (κ2) is 9.96. The molecule has 0 aliphatic carbocycles. The number of hydrogen-bond acceptors (Lipinski definition) is 4. The molecule has 1 heterocycles. The minimum Gasteiger partial charge on any atom is -0.493 e. The van der Waals surface area contributed by atoms with Gasteiger partial charge in [-0.15, -0.1) is 0 Å². The lowest BCUT2D eigenvalue weighted by molar-refractivity contribution is -0.136. The van der Waals surface area contributed by atoms with Crippen molar-refractivity contribution in [2.45, 2.75) is 38.5 Å². The van der Waals surface area contributed by atoms with Crippen LogP contribution in [-0.4, -0.2) is 35.7 Å². The molecule has 0 radical (unpaired) electrons. The van der Waals surface area contributed by atoms with Crippen LogP contribution in [0.5, 0.6) is 5.75 Å². The van der Waals surface area contributed by atoms with Gasteiger partial charge >= 0.3 is 11.9 Å². The van der Waals surface area contributed by atoms with Gasteiger partial charge in [0, 0.05) is 29.4 Å². The van der Waals surface area contributed by atoms with Gasteiger partial charge in [0.2, 0.25) is 0 Å². The van der Waals surface area contributed by atoms with Crippen molar-refractivity contribution in [3.05, 3.63) is 65.4 Å². The van der Waals surface area contributed by atoms with Crippen molar-refractivity contribution in [3.8, 4) is 5.75 Å². The van der Waals surface area contributed by atoms with Crippen LogP contribution in [0.4, 0.5) is 0 Å². The number of carbonyl (C=O) groups is 2. The first-order valence-corrected chi connectivity index (χ1v) is 10.1. The number of carboxylic acid groups (broad SMARTS) is 1. The van der Waals surface area contributed by atoms with Gasteiger partial charge in [-0.1, -0.05) is 19.4 Å². The molecule has 158 valence electrons. The summed E-state index contributed by atoms with van der Waals surface area (Å²) in [7, 11) is 1.36. The zero-order valence-corrected chi connectivity index (χ0v) is 17.3. The van der Waals surface area contributed by atoms with Crippen LogP contribution in [0.3, 0.4) is 0 Å². The van der Waals surface area contributed by atoms with Crippen LogP contribution in [0.25, 0.3) is 10.9 Å². The highest BCUT2D eigenvalue weighted by Crippen LogP contribution is 2.31. The molecule has 0 aliphatic rings. The van der Waals surface area contributed by atoms with Crippen molar-refractivity contribution in [1.29, 1.82) is 0 Å². The predicted molar refractivity (Wildman–Crippen MR) is 115 cm³/mol. The molecule has 0 fully saturated rings. The number of carbonyl (C=O) groups excluding carboxylic acids is 1. The molecule has 2 N–H and O–H groups in total. The minimum absolute atomic E-state index is 0.119. The van der Waals surface area contributed by atoms with Crippen LogP contribution in [0.15, 0.2) is 48.7 Å². The van der Waals surface area contributed by atoms with Crippen molar-refractivity contribution in [3.63, 3.8) is 0 Å². The van der Waals surface area contributed by atoms with E-state index in [2.05, 4.69) is 18.0 Å². The topological polar surface area (TPSA) is 88.6 Å². The third-order valence-corrected chi connectivity index (χ3v) is 5.21. The van der Waals surface area contributed by atoms with Crippen molar-refractivity contribution >= 4 is 22.8 Å². The second-order valence-electron chi connectivity index (χ2n) is 7.33. The van der Waals surface area contributed by atoms with Crippen LogP contribution in [0, 0.1) is 0 Å². The lowest BCUT2D eigenvalue weighted by Gasteiger charge is -2.17. The molecule has 0 spiro atoms. The number of ether oxygens (including phenoxy) is 2. The first-order valence-electron chi connectivity index (χ1n) is 10.1. The van der Waals surface area contributed by atoms with E-state index in [0.717, 1.165) is 29.3 Å². The van der Waals surface area contributed by atoms with E-state index in [0.29, 0.717) is 24.3 Å². The Balaban J connectivity index is 1.76. The SMILES string of the molecule is CCCC(COc1ccc(C(=O)OC)cc1)c1c[nH]c2ccc(CCC(=O)O)cc12. The van der Waals surface area contributed by atoms with E-state index >= 15 is 0 Å². The van der Waals surface area contributed by atoms with Crippen molar-refractivity contribution < 1.29 is 24.2 Å². The summed E-state index contributed by atoms with van der Waals surface area (Å²) in [5.74, 6) is -0.271. The number of carboxylic acids is 1. The Morgan fingerprint density at radius 3 is 2.57 bits per heavy atom. The summed E-state index contributed by atoms with van der Waals surface area (Å²) in [6, 6.07) is 13.0. The Hall–Kier alpha value is -3.28. The molecule has 0 saturated heterocycles. The van der Waals surface area contributed by atoms with Gasteiger partial charge in [-0.3, -0.25) is 4.79 Å². The Labute approximate surface area is 175 Å². The fourth-order valence-corrected chi connectivity index (χ4v) is 3.61. The summed E-state index contributed by atoms with van der Waals surface area (Å²) in [6.45, 7) is 2.66. The summed E-state index contributed by atoms with van der Waals surface area (Å²) in [4.78, 5) is 25.8. The molecule has 0 saturated carbocycles. The number of H-pyrrole nitrogens is 1. The number of benzene rings is 2. The van der Waals surface area contributed by atoms with Crippen LogP contribution >= 0.6 is 0 Å². The summed E-state index contributed by atoms with van der Waals surface area (Å²) in [6.07, 6.45) is 4.63. The second-order valence-corrected chi connectivity index (χ2v) is 7.33. The van der Waals surface area contributed by atoms with Gasteiger partial charge in [0.05, 0.1) is 19.3 Å². The van der Waals surface area contributed by atoms with Gasteiger partial charge in [-0.2, -0.15) is 0 Å². The van der Waals surface area contributed by atoms with E-state index < -0.39 is 5.97 Å². The third-order valence-electron chi connectivity index (χ3n) is 5.21. The van der Waals surface area contributed by atoms with E-state index in [4.69, 9.17) is 14.6 Å². The monoisotopic (exact) mass is 409 g/mol. The zero-order valence-electron chi connectivity index (χ0n) is 17.3. The highest BCUT2D eigenvalue weighted by atomic mass is 16.5. The van der Waals surface area contributed by atoms with Crippen molar-refractivity contribution in [2.24, 2.45) is 0 Å². The van der Waals surface area contributed by atoms with Gasteiger partial charge in [0.25, 0.3) is 0 Å². The molecule has 3 aromatic rings. The van der Waals surface area contributed by atoms with Gasteiger partial charge in [0.15, 0.2) is 0 Å². The fraction of sp³-hybridized carbons (Fsp3) is 0.333. The summed E-state index contributed by atoms with van der Waals surface area (Å²) in [5.41, 5.74) is 3.71. The maximum Gasteiger partial charge on any atom is 0.337 e. The normalized spacial score (nSPS) is 11.9. The van der Waals surface area contributed by atoms with Gasteiger partial charge in [0.1, 0.15) is 5.75 Å². The molecule has 0 amide bonds. The van der Waals surface area contributed by atoms with Crippen molar-refractivity contribution in [1.82, 2.24) is 4.98 Å². The Bertz CT molecular complexity index is 1010. The van der Waals surface area contributed by atoms with Gasteiger partial charge in [-0.05, 0) is 60.4 Å². The standard InChI is InChI=1S/C24H27NO5/c1-3-4-18(15-30-19-9-7-17(8-10-19)24(28)29-2)21-14-25-22-11-5-16(13-20(21)22)6-12-23(26)27/h5,7-11,13-14,18,25H,3-4,6,12,15H2,1-2H3,(H,26,27). The van der Waals surface area contributed by atoms with E-state index in [-0.39, 0.29) is 18.3 Å². The number of rotatable bonds is 10. The zero-order chi connectivity index (χ0) is 21.5. The number of aryl methyl sites for hydroxylation is 1. The molecule has 30 heavy (non-hydrogen) atoms.